The highest BCUT2D eigenvalue weighted by atomic mass is 35.5. The molecule has 0 aliphatic carbocycles. The zero-order valence-electron chi connectivity index (χ0n) is 11.9. The summed E-state index contributed by atoms with van der Waals surface area (Å²) in [5, 5.41) is 0. The van der Waals surface area contributed by atoms with Crippen LogP contribution in [0.5, 0.6) is 0 Å². The molecule has 0 unspecified atom stereocenters. The van der Waals surface area contributed by atoms with Gasteiger partial charge in [-0.05, 0) is 30.3 Å². The van der Waals surface area contributed by atoms with E-state index in [9.17, 15) is 18.0 Å². The van der Waals surface area contributed by atoms with Crippen LogP contribution in [0.25, 0.3) is 0 Å². The Kier molecular flexibility index (Phi) is 5.49. The molecule has 0 N–H and O–H groups in total. The topological polar surface area (TPSA) is 20.3 Å². The monoisotopic (exact) mass is 359 g/mol. The number of alkyl halides is 3. The molecular formula is C16H13ClF3NOS. The Morgan fingerprint density at radius 3 is 2.61 bits per heavy atom. The van der Waals surface area contributed by atoms with Gasteiger partial charge in [-0.3, -0.25) is 4.79 Å². The molecule has 0 saturated heterocycles. The number of carbonyl (C=O) groups is 1. The smallest absolute Gasteiger partial charge is 0.330 e. The normalized spacial score (nSPS) is 11.3. The van der Waals surface area contributed by atoms with Gasteiger partial charge in [-0.15, -0.1) is 17.9 Å². The third kappa shape index (κ3) is 4.59. The third-order valence-corrected chi connectivity index (χ3v) is 4.27. The summed E-state index contributed by atoms with van der Waals surface area (Å²) < 4.78 is 38.9. The van der Waals surface area contributed by atoms with Crippen LogP contribution in [0.1, 0.15) is 20.8 Å². The SMILES string of the molecule is C=CCN(Cc1ccc(Cl)s1)C(=O)c1cccc(C(F)(F)F)c1. The first-order chi connectivity index (χ1) is 10.8. The standard InChI is InChI=1S/C16H13ClF3NOS/c1-2-8-21(10-13-6-7-14(17)23-13)15(22)11-4-3-5-12(9-11)16(18,19)20/h2-7,9H,1,8,10H2. The lowest BCUT2D eigenvalue weighted by atomic mass is 10.1. The molecule has 7 heteroatoms. The van der Waals surface area contributed by atoms with E-state index in [1.165, 1.54) is 34.4 Å². The van der Waals surface area contributed by atoms with Crippen molar-refractivity contribution in [2.75, 3.05) is 6.54 Å². The number of halogens is 4. The fourth-order valence-electron chi connectivity index (χ4n) is 2.01. The van der Waals surface area contributed by atoms with Gasteiger partial charge in [0.15, 0.2) is 0 Å². The minimum Gasteiger partial charge on any atom is -0.330 e. The fraction of sp³-hybridized carbons (Fsp3) is 0.188. The predicted molar refractivity (Wildman–Crippen MR) is 85.7 cm³/mol. The van der Waals surface area contributed by atoms with Gasteiger partial charge in [-0.2, -0.15) is 13.2 Å². The van der Waals surface area contributed by atoms with Crippen LogP contribution in [0.3, 0.4) is 0 Å². The van der Waals surface area contributed by atoms with Gasteiger partial charge >= 0.3 is 6.18 Å². The highest BCUT2D eigenvalue weighted by Gasteiger charge is 2.31. The number of amides is 1. The second-order valence-electron chi connectivity index (χ2n) is 4.76. The molecule has 23 heavy (non-hydrogen) atoms. The average Bonchev–Trinajstić information content (AvgIpc) is 2.90. The van der Waals surface area contributed by atoms with E-state index in [0.717, 1.165) is 17.0 Å². The van der Waals surface area contributed by atoms with Crippen LogP contribution >= 0.6 is 22.9 Å². The lowest BCUT2D eigenvalue weighted by molar-refractivity contribution is -0.137. The van der Waals surface area contributed by atoms with E-state index < -0.39 is 17.6 Å². The second kappa shape index (κ2) is 7.19. The molecule has 0 aliphatic heterocycles. The van der Waals surface area contributed by atoms with Crippen molar-refractivity contribution in [2.24, 2.45) is 0 Å². The molecule has 0 radical (unpaired) electrons. The molecule has 1 heterocycles. The Hall–Kier alpha value is -1.79. The molecule has 1 aromatic carbocycles. The summed E-state index contributed by atoms with van der Waals surface area (Å²) in [6.45, 7) is 4.07. The molecule has 0 bridgehead atoms. The third-order valence-electron chi connectivity index (χ3n) is 3.05. The van der Waals surface area contributed by atoms with E-state index in [-0.39, 0.29) is 18.7 Å². The van der Waals surface area contributed by atoms with Crippen molar-refractivity contribution in [1.29, 1.82) is 0 Å². The van der Waals surface area contributed by atoms with Crippen LogP contribution in [0.4, 0.5) is 13.2 Å². The van der Waals surface area contributed by atoms with Crippen LogP contribution in [-0.2, 0) is 12.7 Å². The number of thiophene rings is 1. The van der Waals surface area contributed by atoms with E-state index in [2.05, 4.69) is 6.58 Å². The van der Waals surface area contributed by atoms with Gasteiger partial charge < -0.3 is 4.90 Å². The van der Waals surface area contributed by atoms with Crippen molar-refractivity contribution in [1.82, 2.24) is 4.90 Å². The van der Waals surface area contributed by atoms with Crippen LogP contribution in [0.15, 0.2) is 49.1 Å². The highest BCUT2D eigenvalue weighted by molar-refractivity contribution is 7.16. The molecule has 0 saturated carbocycles. The summed E-state index contributed by atoms with van der Waals surface area (Å²) >= 11 is 7.18. The van der Waals surface area contributed by atoms with Crippen LogP contribution < -0.4 is 0 Å². The molecule has 122 valence electrons. The van der Waals surface area contributed by atoms with Gasteiger partial charge in [0.2, 0.25) is 0 Å². The summed E-state index contributed by atoms with van der Waals surface area (Å²) in [6.07, 6.45) is -2.96. The molecule has 1 amide bonds. The quantitative estimate of drug-likeness (QED) is 0.668. The summed E-state index contributed by atoms with van der Waals surface area (Å²) in [7, 11) is 0. The van der Waals surface area contributed by atoms with Crippen LogP contribution in [0.2, 0.25) is 4.34 Å². The number of hydrogen-bond donors (Lipinski definition) is 0. The molecule has 0 spiro atoms. The zero-order chi connectivity index (χ0) is 17.0. The Balaban J connectivity index is 2.25. The van der Waals surface area contributed by atoms with Gasteiger partial charge in [0, 0.05) is 17.0 Å². The van der Waals surface area contributed by atoms with Crippen molar-refractivity contribution >= 4 is 28.8 Å². The van der Waals surface area contributed by atoms with Crippen molar-refractivity contribution in [3.63, 3.8) is 0 Å². The van der Waals surface area contributed by atoms with Gasteiger partial charge in [0.25, 0.3) is 5.91 Å². The largest absolute Gasteiger partial charge is 0.416 e. The summed E-state index contributed by atoms with van der Waals surface area (Å²) in [5.74, 6) is -0.486. The maximum atomic E-state index is 12.8. The molecule has 1 aromatic heterocycles. The number of rotatable bonds is 5. The van der Waals surface area contributed by atoms with Crippen LogP contribution in [0, 0.1) is 0 Å². The first kappa shape index (κ1) is 17.6. The minimum atomic E-state index is -4.49. The average molecular weight is 360 g/mol. The molecule has 0 aliphatic rings. The van der Waals surface area contributed by atoms with Gasteiger partial charge in [-0.25, -0.2) is 0 Å². The lowest BCUT2D eigenvalue weighted by Gasteiger charge is -2.21. The zero-order valence-corrected chi connectivity index (χ0v) is 13.5. The summed E-state index contributed by atoms with van der Waals surface area (Å²) in [6, 6.07) is 7.89. The van der Waals surface area contributed by atoms with E-state index in [1.54, 1.807) is 12.1 Å². The number of carbonyl (C=O) groups excluding carboxylic acids is 1. The van der Waals surface area contributed by atoms with Crippen molar-refractivity contribution in [2.45, 2.75) is 12.7 Å². The van der Waals surface area contributed by atoms with E-state index in [4.69, 9.17) is 11.6 Å². The van der Waals surface area contributed by atoms with Gasteiger partial charge in [0.05, 0.1) is 16.4 Å². The molecule has 2 nitrogen and oxygen atoms in total. The first-order valence-electron chi connectivity index (χ1n) is 6.63. The van der Waals surface area contributed by atoms with E-state index >= 15 is 0 Å². The molecular weight excluding hydrogens is 347 g/mol. The second-order valence-corrected chi connectivity index (χ2v) is 6.56. The van der Waals surface area contributed by atoms with Crippen molar-refractivity contribution < 1.29 is 18.0 Å². The number of hydrogen-bond acceptors (Lipinski definition) is 2. The van der Waals surface area contributed by atoms with Crippen LogP contribution in [-0.4, -0.2) is 17.4 Å². The Morgan fingerprint density at radius 2 is 2.04 bits per heavy atom. The first-order valence-corrected chi connectivity index (χ1v) is 7.82. The molecule has 2 aromatic rings. The van der Waals surface area contributed by atoms with Gasteiger partial charge in [-0.1, -0.05) is 23.7 Å². The minimum absolute atomic E-state index is 0.00988. The molecule has 2 rings (SSSR count). The van der Waals surface area contributed by atoms with Crippen molar-refractivity contribution in [3.05, 3.63) is 69.4 Å². The maximum Gasteiger partial charge on any atom is 0.416 e. The maximum absolute atomic E-state index is 12.8. The molecule has 0 atom stereocenters. The summed E-state index contributed by atoms with van der Waals surface area (Å²) in [4.78, 5) is 14.8. The Labute approximate surface area is 140 Å². The fourth-order valence-corrected chi connectivity index (χ4v) is 3.11. The lowest BCUT2D eigenvalue weighted by Crippen LogP contribution is -2.30. The Morgan fingerprint density at radius 1 is 1.30 bits per heavy atom. The Bertz CT molecular complexity index is 711. The van der Waals surface area contributed by atoms with Gasteiger partial charge in [0.1, 0.15) is 0 Å². The number of nitrogens with zero attached hydrogens (tertiary/aromatic N) is 1. The van der Waals surface area contributed by atoms with Crippen molar-refractivity contribution in [3.8, 4) is 0 Å². The predicted octanol–water partition coefficient (Wildman–Crippen LogP) is 5.25. The number of benzene rings is 1. The van der Waals surface area contributed by atoms with E-state index in [1.807, 2.05) is 0 Å². The summed E-state index contributed by atoms with van der Waals surface area (Å²) in [5.41, 5.74) is -0.856. The highest BCUT2D eigenvalue weighted by Crippen LogP contribution is 2.30. The molecule has 0 fully saturated rings. The van der Waals surface area contributed by atoms with E-state index in [0.29, 0.717) is 4.34 Å².